The first-order valence-electron chi connectivity index (χ1n) is 4.34. The number of nitrogens with zero attached hydrogens (tertiary/aromatic N) is 1. The molecular weight excluding hydrogens is 156 g/mol. The zero-order valence-corrected chi connectivity index (χ0v) is 7.42. The molecular formula is C8H16N2O2. The fourth-order valence-corrected chi connectivity index (χ4v) is 1.25. The molecule has 0 aliphatic carbocycles. The number of aliphatic hydroxyl groups is 1. The number of likely N-dealkylation sites (tertiary alicyclic amines) is 1. The Hall–Kier alpha value is -0.610. The summed E-state index contributed by atoms with van der Waals surface area (Å²) in [6, 6.07) is 0.445. The SMILES string of the molecule is CC(=O)N1CC(NCCCO)C1. The number of amides is 1. The van der Waals surface area contributed by atoms with Crippen molar-refractivity contribution in [1.29, 1.82) is 0 Å². The Morgan fingerprint density at radius 1 is 1.67 bits per heavy atom. The maximum atomic E-state index is 10.8. The van der Waals surface area contributed by atoms with Gasteiger partial charge in [0.05, 0.1) is 0 Å². The minimum atomic E-state index is 0.148. The van der Waals surface area contributed by atoms with Crippen LogP contribution in [0.2, 0.25) is 0 Å². The highest BCUT2D eigenvalue weighted by molar-refractivity contribution is 5.74. The van der Waals surface area contributed by atoms with Crippen molar-refractivity contribution in [2.24, 2.45) is 0 Å². The number of carbonyl (C=O) groups is 1. The summed E-state index contributed by atoms with van der Waals surface area (Å²) < 4.78 is 0. The van der Waals surface area contributed by atoms with Crippen molar-refractivity contribution in [2.75, 3.05) is 26.2 Å². The quantitative estimate of drug-likeness (QED) is 0.545. The summed E-state index contributed by atoms with van der Waals surface area (Å²) in [7, 11) is 0. The van der Waals surface area contributed by atoms with E-state index in [4.69, 9.17) is 5.11 Å². The molecule has 1 aliphatic rings. The minimum absolute atomic E-state index is 0.148. The second-order valence-corrected chi connectivity index (χ2v) is 3.15. The van der Waals surface area contributed by atoms with E-state index in [1.807, 2.05) is 0 Å². The van der Waals surface area contributed by atoms with Crippen molar-refractivity contribution in [3.05, 3.63) is 0 Å². The monoisotopic (exact) mass is 172 g/mol. The molecule has 70 valence electrons. The average molecular weight is 172 g/mol. The predicted octanol–water partition coefficient (Wildman–Crippen LogP) is -0.811. The van der Waals surface area contributed by atoms with Gasteiger partial charge in [-0.1, -0.05) is 0 Å². The lowest BCUT2D eigenvalue weighted by molar-refractivity contribution is -0.133. The molecule has 0 aromatic carbocycles. The van der Waals surface area contributed by atoms with Crippen LogP contribution in [0, 0.1) is 0 Å². The van der Waals surface area contributed by atoms with Gasteiger partial charge in [-0.25, -0.2) is 0 Å². The summed E-state index contributed by atoms with van der Waals surface area (Å²) >= 11 is 0. The Morgan fingerprint density at radius 3 is 2.83 bits per heavy atom. The number of hydrogen-bond donors (Lipinski definition) is 2. The number of aliphatic hydroxyl groups excluding tert-OH is 1. The molecule has 0 atom stereocenters. The molecule has 1 fully saturated rings. The van der Waals surface area contributed by atoms with Gasteiger partial charge in [-0.15, -0.1) is 0 Å². The van der Waals surface area contributed by atoms with Gasteiger partial charge in [-0.2, -0.15) is 0 Å². The van der Waals surface area contributed by atoms with Crippen molar-refractivity contribution < 1.29 is 9.90 Å². The largest absolute Gasteiger partial charge is 0.396 e. The molecule has 1 amide bonds. The van der Waals surface area contributed by atoms with Gasteiger partial charge in [0.15, 0.2) is 0 Å². The zero-order chi connectivity index (χ0) is 8.97. The van der Waals surface area contributed by atoms with Crippen molar-refractivity contribution in [3.63, 3.8) is 0 Å². The third-order valence-electron chi connectivity index (χ3n) is 2.09. The summed E-state index contributed by atoms with van der Waals surface area (Å²) in [6.45, 7) is 4.30. The van der Waals surface area contributed by atoms with Crippen LogP contribution < -0.4 is 5.32 Å². The van der Waals surface area contributed by atoms with E-state index in [0.717, 1.165) is 26.1 Å². The molecule has 0 aromatic rings. The predicted molar refractivity (Wildman–Crippen MR) is 45.7 cm³/mol. The third kappa shape index (κ3) is 2.46. The highest BCUT2D eigenvalue weighted by Crippen LogP contribution is 2.06. The highest BCUT2D eigenvalue weighted by atomic mass is 16.3. The number of rotatable bonds is 4. The Balaban J connectivity index is 1.98. The molecule has 0 saturated carbocycles. The van der Waals surface area contributed by atoms with Crippen molar-refractivity contribution >= 4 is 5.91 Å². The van der Waals surface area contributed by atoms with E-state index < -0.39 is 0 Å². The maximum Gasteiger partial charge on any atom is 0.219 e. The highest BCUT2D eigenvalue weighted by Gasteiger charge is 2.27. The number of carbonyl (C=O) groups excluding carboxylic acids is 1. The Bertz CT molecular complexity index is 155. The lowest BCUT2D eigenvalue weighted by Gasteiger charge is -2.39. The van der Waals surface area contributed by atoms with E-state index in [1.54, 1.807) is 11.8 Å². The average Bonchev–Trinajstić information content (AvgIpc) is 1.93. The van der Waals surface area contributed by atoms with Crippen LogP contribution in [-0.2, 0) is 4.79 Å². The molecule has 4 nitrogen and oxygen atoms in total. The van der Waals surface area contributed by atoms with Gasteiger partial charge in [0.25, 0.3) is 0 Å². The molecule has 2 N–H and O–H groups in total. The number of nitrogens with one attached hydrogen (secondary N) is 1. The summed E-state index contributed by atoms with van der Waals surface area (Å²) in [5, 5.41) is 11.8. The van der Waals surface area contributed by atoms with Crippen LogP contribution in [0.3, 0.4) is 0 Å². The fraction of sp³-hybridized carbons (Fsp3) is 0.875. The Kier molecular flexibility index (Phi) is 3.49. The summed E-state index contributed by atoms with van der Waals surface area (Å²) in [6.07, 6.45) is 0.788. The van der Waals surface area contributed by atoms with E-state index in [2.05, 4.69) is 5.32 Å². The van der Waals surface area contributed by atoms with E-state index >= 15 is 0 Å². The van der Waals surface area contributed by atoms with E-state index in [9.17, 15) is 4.79 Å². The molecule has 1 saturated heterocycles. The van der Waals surface area contributed by atoms with Gasteiger partial charge < -0.3 is 15.3 Å². The van der Waals surface area contributed by atoms with Crippen LogP contribution in [0.25, 0.3) is 0 Å². The smallest absolute Gasteiger partial charge is 0.219 e. The van der Waals surface area contributed by atoms with Crippen LogP contribution in [0.5, 0.6) is 0 Å². The first kappa shape index (κ1) is 9.48. The maximum absolute atomic E-state index is 10.8. The molecule has 12 heavy (non-hydrogen) atoms. The molecule has 0 radical (unpaired) electrons. The van der Waals surface area contributed by atoms with Crippen LogP contribution in [0.4, 0.5) is 0 Å². The van der Waals surface area contributed by atoms with Gasteiger partial charge >= 0.3 is 0 Å². The topological polar surface area (TPSA) is 52.6 Å². The van der Waals surface area contributed by atoms with E-state index in [1.165, 1.54) is 0 Å². The Morgan fingerprint density at radius 2 is 2.33 bits per heavy atom. The lowest BCUT2D eigenvalue weighted by Crippen LogP contribution is -2.59. The van der Waals surface area contributed by atoms with Crippen molar-refractivity contribution in [1.82, 2.24) is 10.2 Å². The standard InChI is InChI=1S/C8H16N2O2/c1-7(12)10-5-8(6-10)9-3-2-4-11/h8-9,11H,2-6H2,1H3. The minimum Gasteiger partial charge on any atom is -0.396 e. The van der Waals surface area contributed by atoms with Gasteiger partial charge in [-0.05, 0) is 13.0 Å². The van der Waals surface area contributed by atoms with Crippen LogP contribution in [0.15, 0.2) is 0 Å². The van der Waals surface area contributed by atoms with Crippen molar-refractivity contribution in [2.45, 2.75) is 19.4 Å². The first-order chi connectivity index (χ1) is 5.74. The van der Waals surface area contributed by atoms with Crippen LogP contribution in [0.1, 0.15) is 13.3 Å². The first-order valence-corrected chi connectivity index (χ1v) is 4.34. The van der Waals surface area contributed by atoms with Gasteiger partial charge in [0.1, 0.15) is 0 Å². The van der Waals surface area contributed by atoms with Crippen LogP contribution in [-0.4, -0.2) is 48.2 Å². The molecule has 1 aliphatic heterocycles. The molecule has 0 spiro atoms. The number of hydrogen-bond acceptors (Lipinski definition) is 3. The van der Waals surface area contributed by atoms with E-state index in [-0.39, 0.29) is 12.5 Å². The molecule has 1 heterocycles. The fourth-order valence-electron chi connectivity index (χ4n) is 1.25. The lowest BCUT2D eigenvalue weighted by atomic mass is 10.1. The summed E-state index contributed by atoms with van der Waals surface area (Å²) in [4.78, 5) is 12.6. The van der Waals surface area contributed by atoms with Gasteiger partial charge in [-0.3, -0.25) is 4.79 Å². The molecule has 0 unspecified atom stereocenters. The third-order valence-corrected chi connectivity index (χ3v) is 2.09. The van der Waals surface area contributed by atoms with Gasteiger partial charge in [0.2, 0.25) is 5.91 Å². The summed E-state index contributed by atoms with van der Waals surface area (Å²) in [5.41, 5.74) is 0. The van der Waals surface area contributed by atoms with Crippen molar-refractivity contribution in [3.8, 4) is 0 Å². The van der Waals surface area contributed by atoms with Gasteiger partial charge in [0, 0.05) is 32.7 Å². The molecule has 1 rings (SSSR count). The zero-order valence-electron chi connectivity index (χ0n) is 7.42. The molecule has 0 aromatic heterocycles. The normalized spacial score (nSPS) is 17.7. The van der Waals surface area contributed by atoms with E-state index in [0.29, 0.717) is 6.04 Å². The molecule has 4 heteroatoms. The van der Waals surface area contributed by atoms with Crippen LogP contribution >= 0.6 is 0 Å². The second kappa shape index (κ2) is 4.42. The summed E-state index contributed by atoms with van der Waals surface area (Å²) in [5.74, 6) is 0.148. The Labute approximate surface area is 72.6 Å². The molecule has 0 bridgehead atoms. The second-order valence-electron chi connectivity index (χ2n) is 3.15.